The Morgan fingerprint density at radius 2 is 2.05 bits per heavy atom. The van der Waals surface area contributed by atoms with E-state index in [-0.39, 0.29) is 5.91 Å². The largest absolute Gasteiger partial charge is 0.382 e. The number of unbranched alkanes of at least 4 members (excludes halogenated alkanes) is 3. The molecule has 0 heterocycles. The van der Waals surface area contributed by atoms with E-state index >= 15 is 0 Å². The van der Waals surface area contributed by atoms with Crippen LogP contribution >= 0.6 is 0 Å². The zero-order chi connectivity index (χ0) is 14.3. The minimum absolute atomic E-state index is 0.373. The fourth-order valence-corrected chi connectivity index (χ4v) is 2.19. The zero-order valence-corrected chi connectivity index (χ0v) is 12.3. The van der Waals surface area contributed by atoms with Crippen molar-refractivity contribution >= 4 is 11.6 Å². The summed E-state index contributed by atoms with van der Waals surface area (Å²) in [5, 5.41) is 3.50. The summed E-state index contributed by atoms with van der Waals surface area (Å²) in [6.45, 7) is 6.43. The number of carbonyl (C=O) groups is 1. The first-order chi connectivity index (χ1) is 9.04. The highest BCUT2D eigenvalue weighted by Crippen LogP contribution is 2.18. The lowest BCUT2D eigenvalue weighted by molar-refractivity contribution is 0.1000. The number of anilines is 1. The van der Waals surface area contributed by atoms with Crippen LogP contribution in [0.1, 0.15) is 61.9 Å². The van der Waals surface area contributed by atoms with Crippen molar-refractivity contribution < 1.29 is 4.79 Å². The molecule has 0 fully saturated rings. The van der Waals surface area contributed by atoms with Crippen molar-refractivity contribution in [3.05, 3.63) is 29.3 Å². The van der Waals surface area contributed by atoms with Crippen molar-refractivity contribution in [2.75, 3.05) is 5.32 Å². The molecule has 0 aliphatic carbocycles. The van der Waals surface area contributed by atoms with E-state index in [2.05, 4.69) is 19.2 Å². The van der Waals surface area contributed by atoms with E-state index < -0.39 is 0 Å². The van der Waals surface area contributed by atoms with E-state index in [0.29, 0.717) is 11.6 Å². The molecular formula is C16H26N2O. The highest BCUT2D eigenvalue weighted by atomic mass is 16.1. The van der Waals surface area contributed by atoms with Gasteiger partial charge in [-0.15, -0.1) is 0 Å². The minimum Gasteiger partial charge on any atom is -0.382 e. The molecule has 0 aromatic heterocycles. The number of nitrogens with one attached hydrogen (secondary N) is 1. The van der Waals surface area contributed by atoms with Crippen LogP contribution in [-0.2, 0) is 0 Å². The van der Waals surface area contributed by atoms with Gasteiger partial charge in [0.25, 0.3) is 0 Å². The van der Waals surface area contributed by atoms with Gasteiger partial charge in [-0.25, -0.2) is 0 Å². The van der Waals surface area contributed by atoms with Gasteiger partial charge in [-0.1, -0.05) is 32.6 Å². The normalized spacial score (nSPS) is 12.2. The topological polar surface area (TPSA) is 55.1 Å². The molecular weight excluding hydrogens is 236 g/mol. The molecule has 106 valence electrons. The lowest BCUT2D eigenvalue weighted by Gasteiger charge is -2.17. The molecule has 0 saturated carbocycles. The van der Waals surface area contributed by atoms with Crippen LogP contribution in [0.5, 0.6) is 0 Å². The van der Waals surface area contributed by atoms with Crippen molar-refractivity contribution in [1.29, 1.82) is 0 Å². The summed E-state index contributed by atoms with van der Waals surface area (Å²) in [6, 6.07) is 6.02. The SMILES string of the molecule is CCCCCCC(C)Nc1ccc(C(N)=O)cc1C. The molecule has 1 rings (SSSR count). The third kappa shape index (κ3) is 5.33. The summed E-state index contributed by atoms with van der Waals surface area (Å²) in [7, 11) is 0. The zero-order valence-electron chi connectivity index (χ0n) is 12.3. The molecule has 0 aliphatic rings. The number of primary amides is 1. The molecule has 0 spiro atoms. The lowest BCUT2D eigenvalue weighted by atomic mass is 10.1. The van der Waals surface area contributed by atoms with Gasteiger partial charge >= 0.3 is 0 Å². The average Bonchev–Trinajstić information content (AvgIpc) is 2.37. The fourth-order valence-electron chi connectivity index (χ4n) is 2.19. The van der Waals surface area contributed by atoms with Gasteiger partial charge in [0, 0.05) is 17.3 Å². The molecule has 0 aliphatic heterocycles. The molecule has 1 unspecified atom stereocenters. The Labute approximate surface area is 116 Å². The Morgan fingerprint density at radius 1 is 1.32 bits per heavy atom. The summed E-state index contributed by atoms with van der Waals surface area (Å²) >= 11 is 0. The van der Waals surface area contributed by atoms with Gasteiger partial charge in [0.1, 0.15) is 0 Å². The molecule has 0 radical (unpaired) electrons. The van der Waals surface area contributed by atoms with E-state index in [1.807, 2.05) is 19.1 Å². The van der Waals surface area contributed by atoms with Gasteiger partial charge in [0.15, 0.2) is 0 Å². The average molecular weight is 262 g/mol. The molecule has 1 amide bonds. The second-order valence-corrected chi connectivity index (χ2v) is 5.29. The highest BCUT2D eigenvalue weighted by Gasteiger charge is 2.07. The van der Waals surface area contributed by atoms with Gasteiger partial charge in [-0.2, -0.15) is 0 Å². The van der Waals surface area contributed by atoms with Gasteiger partial charge < -0.3 is 11.1 Å². The van der Waals surface area contributed by atoms with Crippen molar-refractivity contribution in [2.24, 2.45) is 5.73 Å². The quantitative estimate of drug-likeness (QED) is 0.699. The molecule has 0 saturated heterocycles. The van der Waals surface area contributed by atoms with Gasteiger partial charge in [-0.05, 0) is 44.0 Å². The van der Waals surface area contributed by atoms with Gasteiger partial charge in [0.2, 0.25) is 5.91 Å². The summed E-state index contributed by atoms with van der Waals surface area (Å²) in [6.07, 6.45) is 6.34. The Morgan fingerprint density at radius 3 is 2.63 bits per heavy atom. The van der Waals surface area contributed by atoms with Crippen LogP contribution in [0.15, 0.2) is 18.2 Å². The van der Waals surface area contributed by atoms with Crippen molar-refractivity contribution in [1.82, 2.24) is 0 Å². The molecule has 3 heteroatoms. The fraction of sp³-hybridized carbons (Fsp3) is 0.562. The van der Waals surface area contributed by atoms with E-state index in [1.165, 1.54) is 32.1 Å². The van der Waals surface area contributed by atoms with Crippen LogP contribution < -0.4 is 11.1 Å². The molecule has 3 nitrogen and oxygen atoms in total. The molecule has 3 N–H and O–H groups in total. The van der Waals surface area contributed by atoms with E-state index in [9.17, 15) is 4.79 Å². The lowest BCUT2D eigenvalue weighted by Crippen LogP contribution is -2.16. The van der Waals surface area contributed by atoms with Crippen molar-refractivity contribution in [3.8, 4) is 0 Å². The monoisotopic (exact) mass is 262 g/mol. The van der Waals surface area contributed by atoms with Crippen LogP contribution in [0, 0.1) is 6.92 Å². The Balaban J connectivity index is 2.50. The Kier molecular flexibility index (Phi) is 6.40. The number of hydrogen-bond donors (Lipinski definition) is 2. The smallest absolute Gasteiger partial charge is 0.248 e. The van der Waals surface area contributed by atoms with Crippen LogP contribution in [-0.4, -0.2) is 11.9 Å². The standard InChI is InChI=1S/C16H26N2O/c1-4-5-6-7-8-13(3)18-15-10-9-14(16(17)19)11-12(15)2/h9-11,13,18H,4-8H2,1-3H3,(H2,17,19). The Bertz CT molecular complexity index is 415. The third-order valence-corrected chi connectivity index (χ3v) is 3.40. The maximum absolute atomic E-state index is 11.1. The summed E-state index contributed by atoms with van der Waals surface area (Å²) in [5.41, 5.74) is 7.99. The highest BCUT2D eigenvalue weighted by molar-refractivity contribution is 5.93. The predicted molar refractivity (Wildman–Crippen MR) is 81.5 cm³/mol. The van der Waals surface area contributed by atoms with Crippen molar-refractivity contribution in [2.45, 2.75) is 58.9 Å². The molecule has 1 aromatic rings. The van der Waals surface area contributed by atoms with E-state index in [4.69, 9.17) is 5.73 Å². The first-order valence-corrected chi connectivity index (χ1v) is 7.21. The molecule has 0 bridgehead atoms. The Hall–Kier alpha value is -1.51. The number of carbonyl (C=O) groups excluding carboxylic acids is 1. The van der Waals surface area contributed by atoms with Crippen molar-refractivity contribution in [3.63, 3.8) is 0 Å². The van der Waals surface area contributed by atoms with Gasteiger partial charge in [0.05, 0.1) is 0 Å². The number of amides is 1. The first kappa shape index (κ1) is 15.5. The predicted octanol–water partition coefficient (Wildman–Crippen LogP) is 3.86. The number of benzene rings is 1. The third-order valence-electron chi connectivity index (χ3n) is 3.40. The maximum atomic E-state index is 11.1. The summed E-state index contributed by atoms with van der Waals surface area (Å²) < 4.78 is 0. The van der Waals surface area contributed by atoms with Gasteiger partial charge in [-0.3, -0.25) is 4.79 Å². The van der Waals surface area contributed by atoms with Crippen LogP contribution in [0.25, 0.3) is 0 Å². The molecule has 1 aromatic carbocycles. The second-order valence-electron chi connectivity index (χ2n) is 5.29. The minimum atomic E-state index is -0.373. The van der Waals surface area contributed by atoms with Crippen LogP contribution in [0.3, 0.4) is 0 Å². The number of hydrogen-bond acceptors (Lipinski definition) is 2. The molecule has 1 atom stereocenters. The van der Waals surface area contributed by atoms with Crippen LogP contribution in [0.2, 0.25) is 0 Å². The first-order valence-electron chi connectivity index (χ1n) is 7.21. The van der Waals surface area contributed by atoms with E-state index in [1.54, 1.807) is 6.07 Å². The number of rotatable bonds is 8. The molecule has 19 heavy (non-hydrogen) atoms. The number of aryl methyl sites for hydroxylation is 1. The second kappa shape index (κ2) is 7.82. The van der Waals surface area contributed by atoms with E-state index in [0.717, 1.165) is 11.3 Å². The number of nitrogens with two attached hydrogens (primary N) is 1. The summed E-state index contributed by atoms with van der Waals surface area (Å²) in [5.74, 6) is -0.373. The van der Waals surface area contributed by atoms with Crippen LogP contribution in [0.4, 0.5) is 5.69 Å². The summed E-state index contributed by atoms with van der Waals surface area (Å²) in [4.78, 5) is 11.1. The maximum Gasteiger partial charge on any atom is 0.248 e.